The summed E-state index contributed by atoms with van der Waals surface area (Å²) in [6.45, 7) is 61.5. The lowest BCUT2D eigenvalue weighted by Gasteiger charge is -2.39. The van der Waals surface area contributed by atoms with E-state index >= 15 is 0 Å². The Labute approximate surface area is 835 Å². The van der Waals surface area contributed by atoms with Crippen LogP contribution in [0.3, 0.4) is 0 Å². The van der Waals surface area contributed by atoms with E-state index in [1.807, 2.05) is 327 Å². The zero-order valence-electron chi connectivity index (χ0n) is 87.0. The Balaban J connectivity index is 0.000000206. The Bertz CT molecular complexity index is 5070. The molecule has 12 rings (SSSR count). The van der Waals surface area contributed by atoms with E-state index in [0.29, 0.717) is 13.1 Å². The number of carbonyl (C=O) groups excluding carboxylic acids is 8. The van der Waals surface area contributed by atoms with Crippen molar-refractivity contribution in [3.63, 3.8) is 0 Å². The molecule has 4 aromatic carbocycles. The van der Waals surface area contributed by atoms with Gasteiger partial charge in [0.1, 0.15) is 24.2 Å². The summed E-state index contributed by atoms with van der Waals surface area (Å²) in [7, 11) is 0. The van der Waals surface area contributed by atoms with Gasteiger partial charge in [0.05, 0.1) is 125 Å². The molecule has 4 aromatic heterocycles. The Kier molecular flexibility index (Phi) is 37.7. The average molecular weight is 1970 g/mol. The first-order chi connectivity index (χ1) is 63.9. The van der Waals surface area contributed by atoms with Gasteiger partial charge in [-0.2, -0.15) is 0 Å². The van der Waals surface area contributed by atoms with Crippen molar-refractivity contribution in [1.82, 2.24) is 82.1 Å². The van der Waals surface area contributed by atoms with Crippen molar-refractivity contribution < 1.29 is 58.8 Å². The third kappa shape index (κ3) is 31.4. The van der Waals surface area contributed by atoms with Crippen LogP contribution < -0.4 is 42.5 Å². The number of nitrogens with one attached hydrogen (secondary N) is 8. The van der Waals surface area contributed by atoms with E-state index in [2.05, 4.69) is 62.5 Å². The number of aryl methyl sites for hydroxylation is 4. The van der Waals surface area contributed by atoms with Crippen LogP contribution in [0.1, 0.15) is 263 Å². The highest BCUT2D eigenvalue weighted by molar-refractivity contribution is 7.14. The molecule has 28 nitrogen and oxygen atoms in total. The highest BCUT2D eigenvalue weighted by atomic mass is 32.1. The number of nitrogens with zero attached hydrogens (tertiary/aromatic N) is 8. The second-order valence-corrected chi connectivity index (χ2v) is 49.4. The number of amides is 8. The van der Waals surface area contributed by atoms with Crippen LogP contribution in [0.4, 0.5) is 0 Å². The summed E-state index contributed by atoms with van der Waals surface area (Å²) in [6.07, 6.45) is -1.90. The lowest BCUT2D eigenvalue weighted by atomic mass is 9.84. The summed E-state index contributed by atoms with van der Waals surface area (Å²) in [5, 5.41) is 67.1. The van der Waals surface area contributed by atoms with Crippen LogP contribution in [0.25, 0.3) is 41.8 Å². The minimum atomic E-state index is -0.720. The molecule has 32 heteroatoms. The molecule has 756 valence electrons. The normalized spacial score (nSPS) is 20.2. The fourth-order valence-electron chi connectivity index (χ4n) is 17.3. The molecule has 138 heavy (non-hydrogen) atoms. The molecule has 4 aliphatic rings. The van der Waals surface area contributed by atoms with Gasteiger partial charge in [-0.05, 0) is 191 Å². The van der Waals surface area contributed by atoms with Gasteiger partial charge in [-0.15, -0.1) is 45.3 Å². The van der Waals surface area contributed by atoms with Crippen LogP contribution in [0.2, 0.25) is 0 Å². The van der Waals surface area contributed by atoms with Gasteiger partial charge in [0.2, 0.25) is 47.3 Å². The second kappa shape index (κ2) is 46.3. The van der Waals surface area contributed by atoms with Crippen LogP contribution in [-0.2, 0) is 51.4 Å². The monoisotopic (exact) mass is 1970 g/mol. The quantitative estimate of drug-likeness (QED) is 0.0267. The summed E-state index contributed by atoms with van der Waals surface area (Å²) in [4.78, 5) is 135. The van der Waals surface area contributed by atoms with Gasteiger partial charge in [-0.3, -0.25) is 38.4 Å². The van der Waals surface area contributed by atoms with E-state index in [0.717, 1.165) is 86.8 Å². The summed E-state index contributed by atoms with van der Waals surface area (Å²) >= 11 is 6.43. The number of hydrogen-bond acceptors (Lipinski definition) is 24. The molecule has 0 saturated carbocycles. The predicted octanol–water partition coefficient (Wildman–Crippen LogP) is 15.1. The van der Waals surface area contributed by atoms with Crippen molar-refractivity contribution >= 4 is 92.6 Å². The molecule has 0 aliphatic carbocycles. The largest absolute Gasteiger partial charge is 0.391 e. The lowest BCUT2D eigenvalue weighted by molar-refractivity contribution is -0.143. The van der Waals surface area contributed by atoms with Crippen LogP contribution >= 0.6 is 45.3 Å². The molecule has 12 N–H and O–H groups in total. The maximum atomic E-state index is 13.6. The molecule has 8 heterocycles. The summed E-state index contributed by atoms with van der Waals surface area (Å²) in [5.74, 6) is -1.57. The maximum Gasteiger partial charge on any atom is 0.243 e. The first kappa shape index (κ1) is 112. The zero-order chi connectivity index (χ0) is 103. The molecular weight excluding hydrogens is 1820 g/mol. The molecule has 0 bridgehead atoms. The molecule has 0 spiro atoms. The molecule has 4 saturated heterocycles. The van der Waals surface area contributed by atoms with Crippen molar-refractivity contribution in [2.45, 2.75) is 353 Å². The molecule has 8 aromatic rings. The molecule has 4 aliphatic heterocycles. The minimum Gasteiger partial charge on any atom is -0.391 e. The number of aliphatic hydroxyl groups excluding tert-OH is 4. The second-order valence-electron chi connectivity index (χ2n) is 46.0. The van der Waals surface area contributed by atoms with Crippen molar-refractivity contribution in [2.24, 2.45) is 21.7 Å². The van der Waals surface area contributed by atoms with E-state index in [1.165, 1.54) is 0 Å². The van der Waals surface area contributed by atoms with E-state index in [1.54, 1.807) is 64.9 Å². The number of rotatable bonds is 24. The predicted molar refractivity (Wildman–Crippen MR) is 555 cm³/mol. The van der Waals surface area contributed by atoms with Crippen LogP contribution in [0.15, 0.2) is 119 Å². The molecule has 14 atom stereocenters. The number of aromatic nitrogens is 4. The molecule has 4 fully saturated rings. The molecule has 8 amide bonds. The fraction of sp³-hybridized carbons (Fsp3) is 0.585. The highest BCUT2D eigenvalue weighted by Gasteiger charge is 2.50. The minimum absolute atomic E-state index is 0.150. The smallest absolute Gasteiger partial charge is 0.243 e. The third-order valence-corrected chi connectivity index (χ3v) is 28.5. The van der Waals surface area contributed by atoms with Gasteiger partial charge in [0, 0.05) is 87.1 Å². The Morgan fingerprint density at radius 2 is 0.514 bits per heavy atom. The fourth-order valence-corrected chi connectivity index (χ4v) is 20.6. The van der Waals surface area contributed by atoms with Gasteiger partial charge in [-0.25, -0.2) is 19.9 Å². The Morgan fingerprint density at radius 3 is 0.696 bits per heavy atom. The van der Waals surface area contributed by atoms with E-state index in [-0.39, 0.29) is 155 Å². The number of benzene rings is 4. The first-order valence-electron chi connectivity index (χ1n) is 48.1. The molecule has 0 radical (unpaired) electrons. The van der Waals surface area contributed by atoms with E-state index in [9.17, 15) is 58.8 Å². The van der Waals surface area contributed by atoms with E-state index in [4.69, 9.17) is 0 Å². The average Bonchev–Trinajstić information content (AvgIpc) is 1.61. The van der Waals surface area contributed by atoms with Crippen molar-refractivity contribution in [1.29, 1.82) is 0 Å². The number of likely N-dealkylation sites (tertiary alicyclic amines) is 4. The van der Waals surface area contributed by atoms with Gasteiger partial charge in [0.15, 0.2) is 0 Å². The van der Waals surface area contributed by atoms with Crippen molar-refractivity contribution in [2.75, 3.05) is 26.2 Å². The lowest BCUT2D eigenvalue weighted by Crippen LogP contribution is -2.60. The number of thiazole rings is 4. The van der Waals surface area contributed by atoms with E-state index < -0.39 is 72.8 Å². The van der Waals surface area contributed by atoms with Gasteiger partial charge < -0.3 is 82.6 Å². The SMILES string of the molecule is Cc1ncsc1-c1ccc(CNC(=O)[C@@H]2C[C@@H](O)CN2C(=O)[C@@H](NC(C)(C)C)C(C)(C)C)cc1.Cc1ncsc1-c1ccc(CNC(=O)[C@H]2C[C@@H](O)CN2C(=O)[C@H](NC(C)(C)C)C(C)(C)C)cc1.Cc1ncsc1-c1ccc([C@H](C)NC(=O)[C@@H]2C[C@@H](O)CN2C(=O)[C@@H](NC(C)(C)C)C(C)(C)C)cc1.Cc1ncsc1-c1ccc([C@H](C)NC(=O)[C@@H]2C[C@@H](O)CN2C(=O)[C@@H](NC(C)(C)C)C(C)(C)C)cc1. The summed E-state index contributed by atoms with van der Waals surface area (Å²) < 4.78 is 0. The van der Waals surface area contributed by atoms with Gasteiger partial charge in [-0.1, -0.05) is 180 Å². The first-order valence-corrected chi connectivity index (χ1v) is 51.6. The van der Waals surface area contributed by atoms with Crippen LogP contribution in [-0.4, -0.2) is 228 Å². The van der Waals surface area contributed by atoms with Gasteiger partial charge in [0.25, 0.3) is 0 Å². The Hall–Kier alpha value is -9.16. The zero-order valence-corrected chi connectivity index (χ0v) is 90.2. The number of β-amino-alcohol motifs (C(OH)–C–C–N with tert-alkyl or cyclic N) is 4. The summed E-state index contributed by atoms with van der Waals surface area (Å²) in [5.41, 5.74) is 17.2. The van der Waals surface area contributed by atoms with Crippen LogP contribution in [0.5, 0.6) is 0 Å². The number of hydrogen-bond donors (Lipinski definition) is 12. The highest BCUT2D eigenvalue weighted by Crippen LogP contribution is 2.38. The standard InChI is InChI=1S/2C27H40N4O3S.2C26H38N4O3S/c2*1-16(18-9-11-19(12-10-18)22-17(2)28-15-35-22)29-24(33)21-13-20(32)14-31(21)25(34)23(26(3,4)5)30-27(6,7)8;2*1-16-21(34-15-28-16)18-10-8-17(9-11-18)13-27-23(32)20-12-19(31)14-30(20)24(33)22(25(2,3)4)29-26(5,6)7/h2*9-12,15-16,20-21,23,30,32H,13-14H2,1-8H3,(H,29,33);2*8-11,15,19-20,22,29,31H,12-14H2,1-7H3,(H,27,32)/t2*16-,20+,21-,23+;19-,20+,22-;19-,20-,22+/m0011/s1. The Morgan fingerprint density at radius 1 is 0.319 bits per heavy atom. The van der Waals surface area contributed by atoms with Gasteiger partial charge >= 0.3 is 0 Å². The molecule has 0 unspecified atom stereocenters. The third-order valence-electron chi connectivity index (χ3n) is 24.6. The molecular formula is C106H156N16O12S4. The van der Waals surface area contributed by atoms with Crippen molar-refractivity contribution in [3.05, 3.63) is 164 Å². The topological polar surface area (TPSA) is 378 Å². The van der Waals surface area contributed by atoms with Crippen LogP contribution in [0, 0.1) is 49.4 Å². The number of carbonyl (C=O) groups is 8. The number of aliphatic hydroxyl groups is 4. The summed E-state index contributed by atoms with van der Waals surface area (Å²) in [6, 6.07) is 27.1. The maximum absolute atomic E-state index is 13.6. The van der Waals surface area contributed by atoms with Crippen molar-refractivity contribution in [3.8, 4) is 41.8 Å².